The molecule has 0 aliphatic rings. The van der Waals surface area contributed by atoms with Crippen LogP contribution in [0.2, 0.25) is 6.82 Å². The summed E-state index contributed by atoms with van der Waals surface area (Å²) < 4.78 is 44.2. The van der Waals surface area contributed by atoms with Crippen molar-refractivity contribution < 1.29 is 32.5 Å². The maximum absolute atomic E-state index is 13.0. The van der Waals surface area contributed by atoms with Crippen molar-refractivity contribution >= 4 is 59.1 Å². The molecule has 16 heteroatoms. The predicted molar refractivity (Wildman–Crippen MR) is 168 cm³/mol. The zero-order valence-corrected chi connectivity index (χ0v) is 25.8. The molecule has 0 aliphatic carbocycles. The first-order chi connectivity index (χ1) is 20.3. The average Bonchev–Trinajstić information content (AvgIpc) is 3.44. The van der Waals surface area contributed by atoms with Crippen molar-refractivity contribution in [3.63, 3.8) is 0 Å². The van der Waals surface area contributed by atoms with Crippen LogP contribution in [0.1, 0.15) is 30.4 Å². The van der Waals surface area contributed by atoms with Gasteiger partial charge in [0.25, 0.3) is 0 Å². The molecular formula is C27H33B2N5O7S2. The van der Waals surface area contributed by atoms with E-state index in [0.717, 1.165) is 10.4 Å². The Morgan fingerprint density at radius 3 is 2.33 bits per heavy atom. The summed E-state index contributed by atoms with van der Waals surface area (Å²) in [6.07, 6.45) is 0.0219. The molecule has 0 saturated carbocycles. The first-order valence-electron chi connectivity index (χ1n) is 13.3. The standard InChI is InChI=1S/C27H33B2N5O7S2/c1-27(2,3)41-25(36)21(34-43(39,40)20-8-6-5-7-9-20)16-30-24(35)23-15-14-22(42-23)18-10-12-19(13-11-18)32-26(31-17-28-37)33-29(4)38/h5-15,21,34,38H,16-17H2,1-4H3,(H,30,35)(H2,31,32,33). The zero-order valence-electron chi connectivity index (χ0n) is 24.2. The van der Waals surface area contributed by atoms with E-state index in [-0.39, 0.29) is 23.8 Å². The summed E-state index contributed by atoms with van der Waals surface area (Å²) in [5.41, 5.74) is 0.608. The van der Waals surface area contributed by atoms with Gasteiger partial charge >= 0.3 is 139 Å². The minimum atomic E-state index is -4.07. The molecule has 3 rings (SSSR count). The van der Waals surface area contributed by atoms with Gasteiger partial charge in [-0.1, -0.05) is 18.2 Å². The number of carbonyl (C=O) groups is 2. The van der Waals surface area contributed by atoms with Crippen LogP contribution < -0.4 is 20.7 Å². The maximum atomic E-state index is 13.0. The summed E-state index contributed by atoms with van der Waals surface area (Å²) in [5.74, 6) is -1.07. The summed E-state index contributed by atoms with van der Waals surface area (Å²) in [4.78, 5) is 31.0. The van der Waals surface area contributed by atoms with Gasteiger partial charge < -0.3 is 10.1 Å². The normalized spacial score (nSPS) is 12.5. The molecular weight excluding hydrogens is 592 g/mol. The third kappa shape index (κ3) is 10.7. The fraction of sp³-hybridized carbons (Fsp3) is 0.296. The van der Waals surface area contributed by atoms with E-state index >= 15 is 0 Å². The molecule has 0 fully saturated rings. The number of sulfonamides is 1. The van der Waals surface area contributed by atoms with Crippen LogP contribution in [0, 0.1) is 0 Å². The quantitative estimate of drug-likeness (QED) is 0.0876. The fourth-order valence-electron chi connectivity index (χ4n) is 3.60. The van der Waals surface area contributed by atoms with Gasteiger partial charge in [-0.25, -0.2) is 8.42 Å². The van der Waals surface area contributed by atoms with E-state index in [1.54, 1.807) is 63.2 Å². The molecule has 0 spiro atoms. The third-order valence-corrected chi connectivity index (χ3v) is 8.06. The number of ether oxygens (including phenoxy) is 1. The second kappa shape index (κ2) is 15.0. The molecule has 1 unspecified atom stereocenters. The molecule has 3 aromatic rings. The van der Waals surface area contributed by atoms with Gasteiger partial charge in [0.2, 0.25) is 10.0 Å². The molecule has 0 saturated heterocycles. The number of esters is 1. The van der Waals surface area contributed by atoms with Crippen molar-refractivity contribution in [3.05, 3.63) is 71.6 Å². The molecule has 43 heavy (non-hydrogen) atoms. The van der Waals surface area contributed by atoms with Crippen LogP contribution in [-0.4, -0.2) is 70.1 Å². The van der Waals surface area contributed by atoms with Crippen molar-refractivity contribution in [3.8, 4) is 10.4 Å². The number of benzene rings is 2. The number of hydrogen-bond acceptors (Lipinski definition) is 9. The Labute approximate surface area is 255 Å². The molecule has 0 aliphatic heterocycles. The summed E-state index contributed by atoms with van der Waals surface area (Å²) in [7, 11) is -4.37. The molecule has 1 heterocycles. The molecule has 0 radical (unpaired) electrons. The van der Waals surface area contributed by atoms with Crippen LogP contribution in [-0.2, 0) is 24.3 Å². The number of hydrogen-bond donors (Lipinski definition) is 5. The number of guanidine groups is 1. The van der Waals surface area contributed by atoms with Gasteiger partial charge in [-0.2, -0.15) is 4.72 Å². The van der Waals surface area contributed by atoms with Crippen molar-refractivity contribution in [1.82, 2.24) is 15.4 Å². The average molecular weight is 625 g/mol. The summed E-state index contributed by atoms with van der Waals surface area (Å²) in [6.45, 7) is 6.14. The number of nitrogens with one attached hydrogen (secondary N) is 4. The van der Waals surface area contributed by atoms with Gasteiger partial charge in [0.15, 0.2) is 0 Å². The third-order valence-electron chi connectivity index (χ3n) is 5.44. The molecule has 2 aromatic carbocycles. The molecule has 1 aromatic heterocycles. The van der Waals surface area contributed by atoms with Gasteiger partial charge in [0.1, 0.15) is 11.6 Å². The van der Waals surface area contributed by atoms with Crippen LogP contribution in [0.15, 0.2) is 76.5 Å². The minimum absolute atomic E-state index is 0.0219. The Bertz CT molecular complexity index is 1540. The fourth-order valence-corrected chi connectivity index (χ4v) is 5.73. The second-order valence-electron chi connectivity index (χ2n) is 10.3. The van der Waals surface area contributed by atoms with E-state index in [2.05, 4.69) is 25.6 Å². The topological polar surface area (TPSA) is 175 Å². The van der Waals surface area contributed by atoms with Crippen LogP contribution in [0.25, 0.3) is 10.4 Å². The Hall–Kier alpha value is -3.85. The van der Waals surface area contributed by atoms with Gasteiger partial charge in [-0.05, 0) is 32.9 Å². The van der Waals surface area contributed by atoms with Crippen molar-refractivity contribution in [2.24, 2.45) is 4.90 Å². The van der Waals surface area contributed by atoms with E-state index in [1.807, 2.05) is 12.1 Å². The number of anilines is 1. The first-order valence-corrected chi connectivity index (χ1v) is 15.6. The number of nitrogens with zero attached hydrogens (tertiary/aromatic N) is 1. The van der Waals surface area contributed by atoms with Crippen molar-refractivity contribution in [1.29, 1.82) is 0 Å². The predicted octanol–water partition coefficient (Wildman–Crippen LogP) is 2.31. The van der Waals surface area contributed by atoms with E-state index in [9.17, 15) is 27.7 Å². The van der Waals surface area contributed by atoms with Gasteiger partial charge in [0, 0.05) is 6.54 Å². The molecule has 0 bridgehead atoms. The monoisotopic (exact) mass is 625 g/mol. The Kier molecular flexibility index (Phi) is 11.8. The SMILES string of the molecule is CB(O)/N=C(\NCB=O)Nc1ccc(-c2ccc(C(=O)NCC(NS(=O)(=O)c3ccccc3)C(=O)OC(C)(C)C)s2)cc1. The van der Waals surface area contributed by atoms with E-state index in [4.69, 9.17) is 4.74 Å². The first kappa shape index (κ1) is 33.6. The van der Waals surface area contributed by atoms with E-state index < -0.39 is 40.6 Å². The van der Waals surface area contributed by atoms with E-state index in [0.29, 0.717) is 17.7 Å². The molecule has 12 nitrogen and oxygen atoms in total. The van der Waals surface area contributed by atoms with Crippen LogP contribution in [0.5, 0.6) is 0 Å². The van der Waals surface area contributed by atoms with E-state index in [1.165, 1.54) is 30.3 Å². The number of carbonyl (C=O) groups excluding carboxylic acids is 2. The van der Waals surface area contributed by atoms with Crippen LogP contribution >= 0.6 is 11.3 Å². The van der Waals surface area contributed by atoms with Gasteiger partial charge in [-0.15, -0.1) is 0 Å². The van der Waals surface area contributed by atoms with Gasteiger partial charge in [0.05, 0.1) is 4.90 Å². The number of thiophene rings is 1. The number of amides is 1. The second-order valence-corrected chi connectivity index (χ2v) is 13.1. The summed E-state index contributed by atoms with van der Waals surface area (Å²) in [6, 6.07) is 16.8. The Balaban J connectivity index is 1.69. The van der Waals surface area contributed by atoms with Crippen LogP contribution in [0.3, 0.4) is 0 Å². The molecule has 226 valence electrons. The molecule has 5 N–H and O–H groups in total. The molecule has 1 atom stereocenters. The summed E-state index contributed by atoms with van der Waals surface area (Å²) >= 11 is 1.22. The van der Waals surface area contributed by atoms with Gasteiger partial charge in [-0.3, -0.25) is 9.59 Å². The zero-order chi connectivity index (χ0) is 31.6. The Morgan fingerprint density at radius 1 is 1.05 bits per heavy atom. The Morgan fingerprint density at radius 2 is 1.72 bits per heavy atom. The molecule has 1 amide bonds. The number of rotatable bonds is 12. The summed E-state index contributed by atoms with van der Waals surface area (Å²) in [5, 5.41) is 17.9. The van der Waals surface area contributed by atoms with Crippen molar-refractivity contribution in [2.45, 2.75) is 44.1 Å². The van der Waals surface area contributed by atoms with Crippen LogP contribution in [0.4, 0.5) is 5.69 Å². The van der Waals surface area contributed by atoms with Crippen molar-refractivity contribution in [2.75, 3.05) is 18.3 Å².